The first-order valence-electron chi connectivity index (χ1n) is 7.29. The van der Waals surface area contributed by atoms with Crippen LogP contribution in [0.1, 0.15) is 5.56 Å². The summed E-state index contributed by atoms with van der Waals surface area (Å²) >= 11 is 1.80. The third kappa shape index (κ3) is 6.03. The molecule has 4 nitrogen and oxygen atoms in total. The minimum atomic E-state index is -0.590. The molecule has 0 aliphatic rings. The Morgan fingerprint density at radius 1 is 1.26 bits per heavy atom. The van der Waals surface area contributed by atoms with Crippen LogP contribution in [0.15, 0.2) is 42.5 Å². The van der Waals surface area contributed by atoms with Crippen molar-refractivity contribution in [3.63, 3.8) is 0 Å². The fraction of sp³-hybridized carbons (Fsp3) is 0.353. The maximum Gasteiger partial charge on any atom is 0.239 e. The highest BCUT2D eigenvalue weighted by Gasteiger charge is 2.11. The Kier molecular flexibility index (Phi) is 9.02. The fourth-order valence-electron chi connectivity index (χ4n) is 2.23. The van der Waals surface area contributed by atoms with Gasteiger partial charge in [-0.05, 0) is 16.3 Å². The van der Waals surface area contributed by atoms with Crippen molar-refractivity contribution < 1.29 is 9.53 Å². The number of carbonyl (C=O) groups excluding carboxylic acids is 1. The number of benzene rings is 2. The standard InChI is InChI=1S/C17H22N2O2S.ClH/c1-21-11-16(18)17(20)19-9-10-22-12-14-7-4-6-13-5-2-3-8-15(13)14;/h2-8,16H,9-12,18H2,1H3,(H,19,20);1H. The van der Waals surface area contributed by atoms with E-state index in [0.717, 1.165) is 11.5 Å². The number of hydrogen-bond donors (Lipinski definition) is 2. The number of halogens is 1. The molecule has 0 saturated carbocycles. The Labute approximate surface area is 147 Å². The van der Waals surface area contributed by atoms with Gasteiger partial charge in [0.2, 0.25) is 5.91 Å². The number of amides is 1. The fourth-order valence-corrected chi connectivity index (χ4v) is 3.10. The summed E-state index contributed by atoms with van der Waals surface area (Å²) in [6.45, 7) is 0.862. The highest BCUT2D eigenvalue weighted by molar-refractivity contribution is 7.98. The average Bonchev–Trinajstić information content (AvgIpc) is 2.54. The second-order valence-electron chi connectivity index (χ2n) is 5.04. The van der Waals surface area contributed by atoms with Crippen molar-refractivity contribution in [1.82, 2.24) is 5.32 Å². The zero-order valence-electron chi connectivity index (χ0n) is 13.2. The summed E-state index contributed by atoms with van der Waals surface area (Å²) in [4.78, 5) is 11.6. The zero-order chi connectivity index (χ0) is 15.8. The van der Waals surface area contributed by atoms with Gasteiger partial charge in [0.05, 0.1) is 6.61 Å². The third-order valence-electron chi connectivity index (χ3n) is 3.37. The molecule has 0 fully saturated rings. The Bertz CT molecular complexity index is 619. The van der Waals surface area contributed by atoms with Crippen LogP contribution >= 0.6 is 24.2 Å². The first-order valence-corrected chi connectivity index (χ1v) is 8.44. The van der Waals surface area contributed by atoms with Crippen molar-refractivity contribution in [2.45, 2.75) is 11.8 Å². The molecule has 0 radical (unpaired) electrons. The second kappa shape index (κ2) is 10.5. The van der Waals surface area contributed by atoms with E-state index in [0.29, 0.717) is 6.54 Å². The molecule has 0 spiro atoms. The molecular weight excluding hydrogens is 332 g/mol. The minimum Gasteiger partial charge on any atom is -0.383 e. The van der Waals surface area contributed by atoms with E-state index in [4.69, 9.17) is 10.5 Å². The monoisotopic (exact) mass is 354 g/mol. The Balaban J connectivity index is 0.00000264. The number of rotatable bonds is 8. The Morgan fingerprint density at radius 3 is 2.78 bits per heavy atom. The van der Waals surface area contributed by atoms with Gasteiger partial charge in [-0.25, -0.2) is 0 Å². The van der Waals surface area contributed by atoms with Crippen molar-refractivity contribution in [1.29, 1.82) is 0 Å². The topological polar surface area (TPSA) is 64.3 Å². The van der Waals surface area contributed by atoms with Gasteiger partial charge in [-0.2, -0.15) is 11.8 Å². The maximum atomic E-state index is 11.6. The largest absolute Gasteiger partial charge is 0.383 e. The van der Waals surface area contributed by atoms with E-state index in [9.17, 15) is 4.79 Å². The maximum absolute atomic E-state index is 11.6. The van der Waals surface area contributed by atoms with Crippen LogP contribution in [-0.2, 0) is 15.3 Å². The molecule has 1 atom stereocenters. The van der Waals surface area contributed by atoms with Crippen molar-refractivity contribution >= 4 is 40.8 Å². The minimum absolute atomic E-state index is 0. The number of hydrogen-bond acceptors (Lipinski definition) is 4. The predicted octanol–water partition coefficient (Wildman–Crippen LogP) is 2.58. The first kappa shape index (κ1) is 19.8. The van der Waals surface area contributed by atoms with Crippen LogP contribution in [0.4, 0.5) is 0 Å². The molecular formula is C17H23ClN2O2S. The first-order chi connectivity index (χ1) is 10.7. The SMILES string of the molecule is COCC(N)C(=O)NCCSCc1cccc2ccccc12.Cl. The van der Waals surface area contributed by atoms with Crippen molar-refractivity contribution in [3.8, 4) is 0 Å². The number of ether oxygens (including phenoxy) is 1. The van der Waals surface area contributed by atoms with Crippen molar-refractivity contribution in [3.05, 3.63) is 48.0 Å². The molecule has 1 unspecified atom stereocenters. The summed E-state index contributed by atoms with van der Waals surface area (Å²) in [6, 6.07) is 14.2. The lowest BCUT2D eigenvalue weighted by atomic mass is 10.1. The Morgan fingerprint density at radius 2 is 2.00 bits per heavy atom. The van der Waals surface area contributed by atoms with E-state index in [1.54, 1.807) is 11.8 Å². The van der Waals surface area contributed by atoms with Crippen LogP contribution in [0, 0.1) is 0 Å². The average molecular weight is 355 g/mol. The number of carbonyl (C=O) groups is 1. The molecule has 1 amide bonds. The van der Waals surface area contributed by atoms with Crippen molar-refractivity contribution in [2.24, 2.45) is 5.73 Å². The molecule has 2 rings (SSSR count). The molecule has 2 aromatic rings. The van der Waals surface area contributed by atoms with Gasteiger partial charge in [0.1, 0.15) is 6.04 Å². The lowest BCUT2D eigenvalue weighted by Gasteiger charge is -2.11. The summed E-state index contributed by atoms with van der Waals surface area (Å²) in [5, 5.41) is 5.38. The van der Waals surface area contributed by atoms with Crippen LogP contribution in [0.25, 0.3) is 10.8 Å². The van der Waals surface area contributed by atoms with Gasteiger partial charge in [0, 0.05) is 25.2 Å². The molecule has 3 N–H and O–H groups in total. The lowest BCUT2D eigenvalue weighted by Crippen LogP contribution is -2.44. The number of thioether (sulfide) groups is 1. The quantitative estimate of drug-likeness (QED) is 0.715. The van der Waals surface area contributed by atoms with E-state index >= 15 is 0 Å². The molecule has 126 valence electrons. The molecule has 6 heteroatoms. The summed E-state index contributed by atoms with van der Waals surface area (Å²) < 4.78 is 4.86. The van der Waals surface area contributed by atoms with Crippen molar-refractivity contribution in [2.75, 3.05) is 26.0 Å². The molecule has 0 aliphatic heterocycles. The lowest BCUT2D eigenvalue weighted by molar-refractivity contribution is -0.123. The second-order valence-corrected chi connectivity index (χ2v) is 6.15. The highest BCUT2D eigenvalue weighted by Crippen LogP contribution is 2.22. The third-order valence-corrected chi connectivity index (χ3v) is 4.37. The van der Waals surface area contributed by atoms with Crippen LogP contribution in [0.5, 0.6) is 0 Å². The molecule has 0 saturated heterocycles. The molecule has 0 aromatic heterocycles. The number of nitrogens with two attached hydrogens (primary N) is 1. The van der Waals surface area contributed by atoms with E-state index in [2.05, 4.69) is 47.8 Å². The van der Waals surface area contributed by atoms with Gasteiger partial charge < -0.3 is 15.8 Å². The van der Waals surface area contributed by atoms with Gasteiger partial charge in [-0.3, -0.25) is 4.79 Å². The number of methoxy groups -OCH3 is 1. The summed E-state index contributed by atoms with van der Waals surface area (Å²) in [7, 11) is 1.53. The highest BCUT2D eigenvalue weighted by atomic mass is 35.5. The predicted molar refractivity (Wildman–Crippen MR) is 100 cm³/mol. The van der Waals surface area contributed by atoms with E-state index < -0.39 is 6.04 Å². The summed E-state index contributed by atoms with van der Waals surface area (Å²) in [6.07, 6.45) is 0. The van der Waals surface area contributed by atoms with Crippen LogP contribution in [0.2, 0.25) is 0 Å². The van der Waals surface area contributed by atoms with Gasteiger partial charge >= 0.3 is 0 Å². The van der Waals surface area contributed by atoms with E-state index in [1.807, 2.05) is 0 Å². The smallest absolute Gasteiger partial charge is 0.239 e. The van der Waals surface area contributed by atoms with E-state index in [1.165, 1.54) is 23.4 Å². The molecule has 2 aromatic carbocycles. The molecule has 0 heterocycles. The van der Waals surface area contributed by atoms with Crippen LogP contribution in [-0.4, -0.2) is 38.0 Å². The van der Waals surface area contributed by atoms with Gasteiger partial charge in [0.15, 0.2) is 0 Å². The van der Waals surface area contributed by atoms with E-state index in [-0.39, 0.29) is 24.9 Å². The molecule has 23 heavy (non-hydrogen) atoms. The summed E-state index contributed by atoms with van der Waals surface area (Å²) in [5.74, 6) is 1.63. The summed E-state index contributed by atoms with van der Waals surface area (Å²) in [5.41, 5.74) is 6.98. The number of fused-ring (bicyclic) bond motifs is 1. The normalized spacial score (nSPS) is 11.7. The van der Waals surface area contributed by atoms with Gasteiger partial charge in [-0.15, -0.1) is 12.4 Å². The molecule has 0 aliphatic carbocycles. The Hall–Kier alpha value is -1.27. The van der Waals surface area contributed by atoms with Crippen LogP contribution < -0.4 is 11.1 Å². The number of nitrogens with one attached hydrogen (secondary N) is 1. The zero-order valence-corrected chi connectivity index (χ0v) is 14.8. The van der Waals surface area contributed by atoms with Gasteiger partial charge in [-0.1, -0.05) is 42.5 Å². The molecule has 0 bridgehead atoms. The van der Waals surface area contributed by atoms with Crippen LogP contribution in [0.3, 0.4) is 0 Å². The van der Waals surface area contributed by atoms with Gasteiger partial charge in [0.25, 0.3) is 0 Å².